The third-order valence-electron chi connectivity index (χ3n) is 6.12. The highest BCUT2D eigenvalue weighted by Crippen LogP contribution is 2.26. The summed E-state index contributed by atoms with van der Waals surface area (Å²) in [5, 5.41) is 15.1. The van der Waals surface area contributed by atoms with Crippen molar-refractivity contribution < 1.29 is 14.3 Å². The van der Waals surface area contributed by atoms with Gasteiger partial charge in [0.1, 0.15) is 11.5 Å². The van der Waals surface area contributed by atoms with Crippen molar-refractivity contribution in [3.8, 4) is 22.9 Å². The van der Waals surface area contributed by atoms with E-state index in [0.717, 1.165) is 16.9 Å². The molecular weight excluding hydrogens is 546 g/mol. The van der Waals surface area contributed by atoms with E-state index in [1.54, 1.807) is 18.2 Å². The van der Waals surface area contributed by atoms with Crippen molar-refractivity contribution in [1.82, 2.24) is 14.8 Å². The lowest BCUT2D eigenvalue weighted by Crippen LogP contribution is -2.14. The SMILES string of the molecule is CCn1c(SCC(=O)Nc2ccc(Oc3ccccc3)cc2)nnc1-c1ccc(NC(=O)C=Cc2ccccc2)cc1. The molecule has 2 amide bonds. The minimum Gasteiger partial charge on any atom is -0.457 e. The molecule has 0 radical (unpaired) electrons. The van der Waals surface area contributed by atoms with E-state index in [1.165, 1.54) is 17.8 Å². The van der Waals surface area contributed by atoms with Crippen LogP contribution in [0.25, 0.3) is 17.5 Å². The quantitative estimate of drug-likeness (QED) is 0.128. The van der Waals surface area contributed by atoms with Crippen LogP contribution < -0.4 is 15.4 Å². The largest absolute Gasteiger partial charge is 0.457 e. The Morgan fingerprint density at radius 1 is 0.786 bits per heavy atom. The summed E-state index contributed by atoms with van der Waals surface area (Å²) in [4.78, 5) is 24.9. The Morgan fingerprint density at radius 2 is 1.40 bits per heavy atom. The van der Waals surface area contributed by atoms with E-state index in [4.69, 9.17) is 4.74 Å². The van der Waals surface area contributed by atoms with Crippen molar-refractivity contribution in [2.45, 2.75) is 18.6 Å². The molecule has 0 aliphatic heterocycles. The number of hydrogen-bond acceptors (Lipinski definition) is 6. The van der Waals surface area contributed by atoms with Gasteiger partial charge >= 0.3 is 0 Å². The van der Waals surface area contributed by atoms with Crippen molar-refractivity contribution >= 4 is 41.0 Å². The number of thioether (sulfide) groups is 1. The molecule has 0 spiro atoms. The summed E-state index contributed by atoms with van der Waals surface area (Å²) in [6.07, 6.45) is 3.27. The zero-order chi connectivity index (χ0) is 29.1. The third kappa shape index (κ3) is 7.74. The number of para-hydroxylation sites is 1. The van der Waals surface area contributed by atoms with Crippen LogP contribution in [0, 0.1) is 0 Å². The topological polar surface area (TPSA) is 98.1 Å². The second-order valence-electron chi connectivity index (χ2n) is 9.14. The highest BCUT2D eigenvalue weighted by molar-refractivity contribution is 7.99. The number of aromatic nitrogens is 3. The first kappa shape index (κ1) is 28.4. The van der Waals surface area contributed by atoms with Crippen LogP contribution in [0.4, 0.5) is 11.4 Å². The molecule has 42 heavy (non-hydrogen) atoms. The Bertz CT molecular complexity index is 1650. The number of ether oxygens (including phenoxy) is 1. The minimum absolute atomic E-state index is 0.148. The van der Waals surface area contributed by atoms with Gasteiger partial charge < -0.3 is 19.9 Å². The molecule has 8 nitrogen and oxygen atoms in total. The van der Waals surface area contributed by atoms with Crippen molar-refractivity contribution in [2.24, 2.45) is 0 Å². The lowest BCUT2D eigenvalue weighted by atomic mass is 10.2. The summed E-state index contributed by atoms with van der Waals surface area (Å²) >= 11 is 1.32. The van der Waals surface area contributed by atoms with Crippen LogP contribution >= 0.6 is 11.8 Å². The van der Waals surface area contributed by atoms with Gasteiger partial charge in [0.25, 0.3) is 0 Å². The first-order valence-corrected chi connectivity index (χ1v) is 14.4. The van der Waals surface area contributed by atoms with Crippen LogP contribution in [0.2, 0.25) is 0 Å². The number of rotatable bonds is 11. The number of amides is 2. The molecule has 1 aromatic heterocycles. The zero-order valence-electron chi connectivity index (χ0n) is 22.9. The van der Waals surface area contributed by atoms with Crippen molar-refractivity contribution in [3.05, 3.63) is 121 Å². The van der Waals surface area contributed by atoms with E-state index in [9.17, 15) is 9.59 Å². The fourth-order valence-corrected chi connectivity index (χ4v) is 4.88. The van der Waals surface area contributed by atoms with Crippen LogP contribution in [0.5, 0.6) is 11.5 Å². The molecule has 0 aliphatic rings. The fraction of sp³-hybridized carbons (Fsp3) is 0.0909. The summed E-state index contributed by atoms with van der Waals surface area (Å²) < 4.78 is 7.76. The van der Waals surface area contributed by atoms with Crippen LogP contribution in [-0.2, 0) is 16.1 Å². The minimum atomic E-state index is -0.211. The molecule has 0 saturated carbocycles. The summed E-state index contributed by atoms with van der Waals surface area (Å²) in [7, 11) is 0. The van der Waals surface area contributed by atoms with Crippen molar-refractivity contribution in [2.75, 3.05) is 16.4 Å². The normalized spacial score (nSPS) is 10.9. The van der Waals surface area contributed by atoms with E-state index >= 15 is 0 Å². The van der Waals surface area contributed by atoms with E-state index in [1.807, 2.05) is 109 Å². The Morgan fingerprint density at radius 3 is 2.10 bits per heavy atom. The molecule has 0 bridgehead atoms. The van der Waals surface area contributed by atoms with Gasteiger partial charge in [0, 0.05) is 29.6 Å². The summed E-state index contributed by atoms with van der Waals surface area (Å²) in [6, 6.07) is 33.8. The van der Waals surface area contributed by atoms with E-state index in [2.05, 4.69) is 20.8 Å². The molecule has 0 atom stereocenters. The van der Waals surface area contributed by atoms with Gasteiger partial charge in [-0.2, -0.15) is 0 Å². The lowest BCUT2D eigenvalue weighted by Gasteiger charge is -2.09. The first-order chi connectivity index (χ1) is 20.6. The molecule has 0 aliphatic carbocycles. The van der Waals surface area contributed by atoms with Gasteiger partial charge in [-0.05, 0) is 79.2 Å². The number of nitrogens with one attached hydrogen (secondary N) is 2. The molecule has 210 valence electrons. The Labute approximate surface area is 248 Å². The molecule has 5 aromatic rings. The monoisotopic (exact) mass is 575 g/mol. The lowest BCUT2D eigenvalue weighted by molar-refractivity contribution is -0.114. The fourth-order valence-electron chi connectivity index (χ4n) is 4.07. The number of nitrogens with zero attached hydrogens (tertiary/aromatic N) is 3. The molecule has 0 saturated heterocycles. The molecular formula is C33H29N5O3S. The standard InChI is InChI=1S/C33H29N5O3S/c1-2-38-32(25-14-16-26(17-15-25)34-30(39)22-13-24-9-5-3-6-10-24)36-37-33(38)42-23-31(40)35-27-18-20-29(21-19-27)41-28-11-7-4-8-12-28/h3-22H,2,23H2,1H3,(H,34,39)(H,35,40). The van der Waals surface area contributed by atoms with E-state index < -0.39 is 0 Å². The van der Waals surface area contributed by atoms with Gasteiger partial charge in [-0.25, -0.2) is 0 Å². The predicted molar refractivity (Wildman–Crippen MR) is 168 cm³/mol. The predicted octanol–water partition coefficient (Wildman–Crippen LogP) is 7.14. The van der Waals surface area contributed by atoms with Gasteiger partial charge in [0.15, 0.2) is 11.0 Å². The Balaban J connectivity index is 1.14. The first-order valence-electron chi connectivity index (χ1n) is 13.4. The number of carbonyl (C=O) groups is 2. The number of benzene rings is 4. The van der Waals surface area contributed by atoms with E-state index in [-0.39, 0.29) is 17.6 Å². The van der Waals surface area contributed by atoms with Gasteiger partial charge in [0.2, 0.25) is 11.8 Å². The number of hydrogen-bond donors (Lipinski definition) is 2. The maximum Gasteiger partial charge on any atom is 0.248 e. The molecule has 0 fully saturated rings. The average Bonchev–Trinajstić information content (AvgIpc) is 3.44. The number of anilines is 2. The molecule has 4 aromatic carbocycles. The van der Waals surface area contributed by atoms with Crippen molar-refractivity contribution in [3.63, 3.8) is 0 Å². The van der Waals surface area contributed by atoms with Crippen LogP contribution in [0.3, 0.4) is 0 Å². The summed E-state index contributed by atoms with van der Waals surface area (Å²) in [5.41, 5.74) is 3.17. The highest BCUT2D eigenvalue weighted by atomic mass is 32.2. The van der Waals surface area contributed by atoms with E-state index in [0.29, 0.717) is 34.6 Å². The second kappa shape index (κ2) is 14.0. The Hall–Kier alpha value is -5.15. The molecule has 0 unspecified atom stereocenters. The Kier molecular flexibility index (Phi) is 9.43. The van der Waals surface area contributed by atoms with Gasteiger partial charge in [-0.3, -0.25) is 9.59 Å². The molecule has 9 heteroatoms. The van der Waals surface area contributed by atoms with Gasteiger partial charge in [-0.15, -0.1) is 10.2 Å². The van der Waals surface area contributed by atoms with Crippen LogP contribution in [0.1, 0.15) is 12.5 Å². The number of carbonyl (C=O) groups excluding carboxylic acids is 2. The van der Waals surface area contributed by atoms with Gasteiger partial charge in [0.05, 0.1) is 5.75 Å². The second-order valence-corrected chi connectivity index (χ2v) is 10.1. The highest BCUT2D eigenvalue weighted by Gasteiger charge is 2.15. The summed E-state index contributed by atoms with van der Waals surface area (Å²) in [5.74, 6) is 1.95. The van der Waals surface area contributed by atoms with Gasteiger partial charge in [-0.1, -0.05) is 60.3 Å². The molecule has 5 rings (SSSR count). The maximum atomic E-state index is 12.6. The van der Waals surface area contributed by atoms with Crippen LogP contribution in [-0.4, -0.2) is 32.3 Å². The smallest absolute Gasteiger partial charge is 0.248 e. The van der Waals surface area contributed by atoms with Crippen LogP contribution in [0.15, 0.2) is 120 Å². The molecule has 1 heterocycles. The van der Waals surface area contributed by atoms with Crippen molar-refractivity contribution in [1.29, 1.82) is 0 Å². The maximum absolute atomic E-state index is 12.6. The zero-order valence-corrected chi connectivity index (χ0v) is 23.8. The third-order valence-corrected chi connectivity index (χ3v) is 7.09. The summed E-state index contributed by atoms with van der Waals surface area (Å²) in [6.45, 7) is 2.64. The average molecular weight is 576 g/mol. The molecule has 2 N–H and O–H groups in total.